The summed E-state index contributed by atoms with van der Waals surface area (Å²) in [5.41, 5.74) is 1.93. The van der Waals surface area contributed by atoms with Gasteiger partial charge in [0.1, 0.15) is 0 Å². The molecule has 1 fully saturated rings. The van der Waals surface area contributed by atoms with Crippen LogP contribution < -0.4 is 10.2 Å². The summed E-state index contributed by atoms with van der Waals surface area (Å²) in [5.74, 6) is -0.284. The minimum atomic E-state index is -3.43. The van der Waals surface area contributed by atoms with Crippen LogP contribution in [0.25, 0.3) is 10.8 Å². The lowest BCUT2D eigenvalue weighted by Gasteiger charge is -2.35. The maximum Gasteiger partial charge on any atom is 0.224 e. The van der Waals surface area contributed by atoms with Gasteiger partial charge in [-0.2, -0.15) is 4.31 Å². The molecule has 1 aliphatic heterocycles. The Morgan fingerprint density at radius 2 is 1.66 bits per heavy atom. The third-order valence-corrected chi connectivity index (χ3v) is 7.83. The molecule has 0 aliphatic carbocycles. The van der Waals surface area contributed by atoms with Gasteiger partial charge in [0.15, 0.2) is 0 Å². The average molecular weight is 472 g/mol. The van der Waals surface area contributed by atoms with E-state index >= 15 is 0 Å². The van der Waals surface area contributed by atoms with Crippen LogP contribution in [0.2, 0.25) is 5.02 Å². The normalized spacial score (nSPS) is 15.1. The molecule has 1 aliphatic rings. The van der Waals surface area contributed by atoms with Crippen LogP contribution in [0.15, 0.2) is 66.7 Å². The first-order valence-electron chi connectivity index (χ1n) is 10.6. The van der Waals surface area contributed by atoms with Crippen molar-refractivity contribution in [3.8, 4) is 0 Å². The van der Waals surface area contributed by atoms with Gasteiger partial charge >= 0.3 is 0 Å². The van der Waals surface area contributed by atoms with Crippen LogP contribution in [-0.4, -0.2) is 57.1 Å². The van der Waals surface area contributed by atoms with Crippen molar-refractivity contribution in [2.24, 2.45) is 0 Å². The van der Waals surface area contributed by atoms with Gasteiger partial charge in [-0.15, -0.1) is 0 Å². The molecule has 3 aromatic rings. The molecule has 168 valence electrons. The van der Waals surface area contributed by atoms with Gasteiger partial charge in [0.25, 0.3) is 0 Å². The Morgan fingerprint density at radius 3 is 2.44 bits per heavy atom. The lowest BCUT2D eigenvalue weighted by Crippen LogP contribution is -2.50. The zero-order valence-electron chi connectivity index (χ0n) is 17.7. The number of piperazine rings is 1. The van der Waals surface area contributed by atoms with Crippen LogP contribution in [0.5, 0.6) is 0 Å². The summed E-state index contributed by atoms with van der Waals surface area (Å²) in [4.78, 5) is 14.5. The maximum absolute atomic E-state index is 12.7. The van der Waals surface area contributed by atoms with Crippen LogP contribution >= 0.6 is 11.6 Å². The van der Waals surface area contributed by atoms with Gasteiger partial charge in [-0.05, 0) is 34.5 Å². The minimum absolute atomic E-state index is 0.0977. The van der Waals surface area contributed by atoms with Crippen molar-refractivity contribution >= 4 is 44.0 Å². The Labute approximate surface area is 193 Å². The number of hydrogen-bond donors (Lipinski definition) is 1. The zero-order chi connectivity index (χ0) is 22.6. The number of amides is 1. The van der Waals surface area contributed by atoms with Gasteiger partial charge < -0.3 is 10.2 Å². The molecule has 4 rings (SSSR count). The Balaban J connectivity index is 1.27. The number of hydrogen-bond acceptors (Lipinski definition) is 4. The number of rotatable bonds is 7. The van der Waals surface area contributed by atoms with Gasteiger partial charge in [0.05, 0.1) is 12.2 Å². The van der Waals surface area contributed by atoms with E-state index in [1.807, 2.05) is 66.7 Å². The van der Waals surface area contributed by atoms with E-state index in [1.54, 1.807) is 0 Å². The Morgan fingerprint density at radius 1 is 0.938 bits per heavy atom. The van der Waals surface area contributed by atoms with Crippen LogP contribution in [0.3, 0.4) is 0 Å². The van der Waals surface area contributed by atoms with Crippen LogP contribution in [-0.2, 0) is 21.2 Å². The molecular formula is C24H26ClN3O3S. The predicted molar refractivity (Wildman–Crippen MR) is 130 cm³/mol. The molecule has 0 spiro atoms. The number of carbonyl (C=O) groups excluding carboxylic acids is 1. The van der Waals surface area contributed by atoms with Crippen molar-refractivity contribution in [1.82, 2.24) is 9.62 Å². The van der Waals surface area contributed by atoms with E-state index in [0.29, 0.717) is 31.2 Å². The first kappa shape index (κ1) is 22.6. The largest absolute Gasteiger partial charge is 0.369 e. The fraction of sp³-hybridized carbons (Fsp3) is 0.292. The van der Waals surface area contributed by atoms with Crippen LogP contribution in [0, 0.1) is 0 Å². The van der Waals surface area contributed by atoms with Crippen molar-refractivity contribution in [2.75, 3.05) is 43.4 Å². The lowest BCUT2D eigenvalue weighted by molar-refractivity contribution is -0.120. The molecule has 0 unspecified atom stereocenters. The molecular weight excluding hydrogens is 446 g/mol. The Bertz CT molecular complexity index is 1200. The van der Waals surface area contributed by atoms with Crippen molar-refractivity contribution < 1.29 is 13.2 Å². The summed E-state index contributed by atoms with van der Waals surface area (Å²) in [6, 6.07) is 21.3. The predicted octanol–water partition coefficient (Wildman–Crippen LogP) is 3.30. The number of halogens is 1. The molecule has 0 bridgehead atoms. The number of anilines is 1. The van der Waals surface area contributed by atoms with Crippen molar-refractivity contribution in [2.45, 2.75) is 6.42 Å². The molecule has 1 saturated heterocycles. The lowest BCUT2D eigenvalue weighted by atomic mass is 10.0. The van der Waals surface area contributed by atoms with E-state index in [0.717, 1.165) is 22.0 Å². The molecule has 6 nitrogen and oxygen atoms in total. The summed E-state index contributed by atoms with van der Waals surface area (Å²) < 4.78 is 27.0. The van der Waals surface area contributed by atoms with Gasteiger partial charge in [0, 0.05) is 43.4 Å². The summed E-state index contributed by atoms with van der Waals surface area (Å²) in [7, 11) is -3.43. The summed E-state index contributed by atoms with van der Waals surface area (Å²) >= 11 is 6.06. The number of nitrogens with zero attached hydrogens (tertiary/aromatic N) is 2. The van der Waals surface area contributed by atoms with Gasteiger partial charge in [0.2, 0.25) is 15.9 Å². The number of fused-ring (bicyclic) bond motifs is 1. The van der Waals surface area contributed by atoms with E-state index in [2.05, 4.69) is 10.2 Å². The van der Waals surface area contributed by atoms with Crippen molar-refractivity contribution in [1.29, 1.82) is 0 Å². The fourth-order valence-electron chi connectivity index (χ4n) is 4.03. The topological polar surface area (TPSA) is 69.7 Å². The molecule has 32 heavy (non-hydrogen) atoms. The van der Waals surface area contributed by atoms with E-state index in [1.165, 1.54) is 4.31 Å². The highest BCUT2D eigenvalue weighted by Crippen LogP contribution is 2.22. The smallest absolute Gasteiger partial charge is 0.224 e. The van der Waals surface area contributed by atoms with Gasteiger partial charge in [-0.25, -0.2) is 8.42 Å². The number of sulfonamides is 1. The summed E-state index contributed by atoms with van der Waals surface area (Å²) in [5, 5.41) is 5.54. The quantitative estimate of drug-likeness (QED) is 0.574. The van der Waals surface area contributed by atoms with Crippen molar-refractivity contribution in [3.05, 3.63) is 77.3 Å². The number of nitrogens with one attached hydrogen (secondary N) is 1. The SMILES string of the molecule is O=C(Cc1cccc2ccccc12)NCCS(=O)(=O)N1CCN(c2cccc(Cl)c2)CC1. The maximum atomic E-state index is 12.7. The Kier molecular flexibility index (Phi) is 6.98. The second kappa shape index (κ2) is 9.90. The first-order valence-corrected chi connectivity index (χ1v) is 12.6. The highest BCUT2D eigenvalue weighted by Gasteiger charge is 2.27. The third kappa shape index (κ3) is 5.41. The van der Waals surface area contributed by atoms with Crippen LogP contribution in [0.4, 0.5) is 5.69 Å². The summed E-state index contributed by atoms with van der Waals surface area (Å²) in [6.07, 6.45) is 0.222. The molecule has 1 N–H and O–H groups in total. The molecule has 3 aromatic carbocycles. The second-order valence-corrected chi connectivity index (χ2v) is 10.4. The molecule has 1 heterocycles. The summed E-state index contributed by atoms with van der Waals surface area (Å²) in [6.45, 7) is 2.14. The number of carbonyl (C=O) groups is 1. The van der Waals surface area contributed by atoms with Crippen LogP contribution in [0.1, 0.15) is 5.56 Å². The van der Waals surface area contributed by atoms with Gasteiger partial charge in [-0.3, -0.25) is 4.79 Å². The second-order valence-electron chi connectivity index (χ2n) is 7.85. The Hall–Kier alpha value is -2.61. The highest BCUT2D eigenvalue weighted by atomic mass is 35.5. The van der Waals surface area contributed by atoms with Gasteiger partial charge in [-0.1, -0.05) is 60.1 Å². The molecule has 8 heteroatoms. The average Bonchev–Trinajstić information content (AvgIpc) is 2.79. The van der Waals surface area contributed by atoms with E-state index < -0.39 is 10.0 Å². The molecule has 0 aromatic heterocycles. The first-order chi connectivity index (χ1) is 15.4. The number of benzene rings is 3. The van der Waals surface area contributed by atoms with Crippen molar-refractivity contribution in [3.63, 3.8) is 0 Å². The molecule has 0 radical (unpaired) electrons. The van der Waals surface area contributed by atoms with E-state index in [4.69, 9.17) is 11.6 Å². The van der Waals surface area contributed by atoms with E-state index in [-0.39, 0.29) is 24.6 Å². The minimum Gasteiger partial charge on any atom is -0.369 e. The zero-order valence-corrected chi connectivity index (χ0v) is 19.3. The standard InChI is InChI=1S/C24H26ClN3O3S/c25-21-8-4-9-22(18-21)27-12-14-28(15-13-27)32(30,31)16-11-26-24(29)17-20-7-3-6-19-5-1-2-10-23(19)20/h1-10,18H,11-17H2,(H,26,29). The molecule has 1 amide bonds. The fourth-order valence-corrected chi connectivity index (χ4v) is 5.55. The monoisotopic (exact) mass is 471 g/mol. The highest BCUT2D eigenvalue weighted by molar-refractivity contribution is 7.89. The molecule has 0 saturated carbocycles. The third-order valence-electron chi connectivity index (χ3n) is 5.72. The van der Waals surface area contributed by atoms with E-state index in [9.17, 15) is 13.2 Å². The molecule has 0 atom stereocenters.